The van der Waals surface area contributed by atoms with Gasteiger partial charge in [0.25, 0.3) is 0 Å². The van der Waals surface area contributed by atoms with Crippen LogP contribution >= 0.6 is 23.2 Å². The molecule has 0 aliphatic heterocycles. The van der Waals surface area contributed by atoms with Crippen molar-refractivity contribution in [3.63, 3.8) is 0 Å². The molecule has 1 rings (SSSR count). The van der Waals surface area contributed by atoms with Gasteiger partial charge in [-0.1, -0.05) is 43.1 Å². The van der Waals surface area contributed by atoms with Crippen LogP contribution in [-0.2, 0) is 6.42 Å². The maximum atomic E-state index is 9.25. The Morgan fingerprint density at radius 3 is 2.25 bits per heavy atom. The van der Waals surface area contributed by atoms with E-state index >= 15 is 0 Å². The largest absolute Gasteiger partial charge is 0.198 e. The lowest BCUT2D eigenvalue weighted by molar-refractivity contribution is 0.363. The van der Waals surface area contributed by atoms with Crippen molar-refractivity contribution in [3.8, 4) is 6.07 Å². The predicted octanol–water partition coefficient (Wildman–Crippen LogP) is 4.87. The Kier molecular flexibility index (Phi) is 4.65. The fourth-order valence-corrected chi connectivity index (χ4v) is 2.06. The summed E-state index contributed by atoms with van der Waals surface area (Å²) >= 11 is 11.8. The molecule has 0 saturated heterocycles. The predicted molar refractivity (Wildman–Crippen MR) is 68.8 cm³/mol. The molecule has 0 radical (unpaired) electrons. The fourth-order valence-electron chi connectivity index (χ4n) is 1.74. The highest BCUT2D eigenvalue weighted by molar-refractivity contribution is 6.42. The van der Waals surface area contributed by atoms with E-state index in [2.05, 4.69) is 6.07 Å². The minimum Gasteiger partial charge on any atom is -0.198 e. The number of hydrogen-bond acceptors (Lipinski definition) is 1. The third kappa shape index (κ3) is 2.90. The van der Waals surface area contributed by atoms with Crippen LogP contribution < -0.4 is 0 Å². The summed E-state index contributed by atoms with van der Waals surface area (Å²) < 4.78 is 0. The zero-order valence-corrected chi connectivity index (χ0v) is 11.1. The quantitative estimate of drug-likeness (QED) is 0.754. The highest BCUT2D eigenvalue weighted by Gasteiger charge is 2.26. The minimum atomic E-state index is -0.281. The molecule has 3 heteroatoms. The SMILES string of the molecule is CCC(C#N)(CC)Cc1ccc(Cl)c(Cl)c1. The van der Waals surface area contributed by atoms with E-state index < -0.39 is 0 Å². The standard InChI is InChI=1S/C13H15Cl2N/c1-3-13(4-2,9-16)8-10-5-6-11(14)12(15)7-10/h5-7H,3-4,8H2,1-2H3. The molecule has 0 aliphatic carbocycles. The van der Waals surface area contributed by atoms with Crippen LogP contribution in [0.5, 0.6) is 0 Å². The summed E-state index contributed by atoms with van der Waals surface area (Å²) in [6.45, 7) is 4.09. The Hall–Kier alpha value is -0.710. The van der Waals surface area contributed by atoms with Gasteiger partial charge >= 0.3 is 0 Å². The summed E-state index contributed by atoms with van der Waals surface area (Å²) in [6, 6.07) is 7.99. The van der Waals surface area contributed by atoms with Crippen LogP contribution in [0.25, 0.3) is 0 Å². The van der Waals surface area contributed by atoms with Gasteiger partial charge in [-0.25, -0.2) is 0 Å². The Balaban J connectivity index is 2.95. The second-order valence-electron chi connectivity index (χ2n) is 4.02. The highest BCUT2D eigenvalue weighted by Crippen LogP contribution is 2.32. The molecule has 0 heterocycles. The molecule has 16 heavy (non-hydrogen) atoms. The van der Waals surface area contributed by atoms with E-state index in [1.165, 1.54) is 0 Å². The molecule has 1 nitrogen and oxygen atoms in total. The molecule has 0 unspecified atom stereocenters. The first kappa shape index (κ1) is 13.4. The first-order valence-electron chi connectivity index (χ1n) is 5.42. The van der Waals surface area contributed by atoms with Gasteiger partial charge < -0.3 is 0 Å². The van der Waals surface area contributed by atoms with Gasteiger partial charge in [-0.2, -0.15) is 5.26 Å². The molecule has 0 saturated carbocycles. The van der Waals surface area contributed by atoms with E-state index in [9.17, 15) is 5.26 Å². The Labute approximate surface area is 107 Å². The third-order valence-corrected chi connectivity index (χ3v) is 3.86. The van der Waals surface area contributed by atoms with Crippen molar-refractivity contribution in [2.75, 3.05) is 0 Å². The van der Waals surface area contributed by atoms with Crippen LogP contribution in [-0.4, -0.2) is 0 Å². The van der Waals surface area contributed by atoms with Gasteiger partial charge in [0.2, 0.25) is 0 Å². The highest BCUT2D eigenvalue weighted by atomic mass is 35.5. The van der Waals surface area contributed by atoms with Crippen LogP contribution in [0, 0.1) is 16.7 Å². The molecule has 0 aromatic heterocycles. The third-order valence-electron chi connectivity index (χ3n) is 3.12. The first-order valence-corrected chi connectivity index (χ1v) is 6.17. The maximum absolute atomic E-state index is 9.25. The Morgan fingerprint density at radius 2 is 1.81 bits per heavy atom. The lowest BCUT2D eigenvalue weighted by Crippen LogP contribution is -2.19. The van der Waals surface area contributed by atoms with E-state index in [0.29, 0.717) is 10.0 Å². The summed E-state index contributed by atoms with van der Waals surface area (Å²) in [6.07, 6.45) is 2.42. The number of nitrogens with zero attached hydrogens (tertiary/aromatic N) is 1. The van der Waals surface area contributed by atoms with Crippen LogP contribution in [0.1, 0.15) is 32.3 Å². The van der Waals surface area contributed by atoms with Gasteiger partial charge in [-0.15, -0.1) is 0 Å². The number of nitriles is 1. The first-order chi connectivity index (χ1) is 7.56. The van der Waals surface area contributed by atoms with E-state index in [-0.39, 0.29) is 5.41 Å². The van der Waals surface area contributed by atoms with Gasteiger partial charge in [0.15, 0.2) is 0 Å². The molecule has 1 aromatic carbocycles. The smallest absolute Gasteiger partial charge is 0.0693 e. The van der Waals surface area contributed by atoms with E-state index in [1.807, 2.05) is 26.0 Å². The normalized spacial score (nSPS) is 11.2. The van der Waals surface area contributed by atoms with E-state index in [0.717, 1.165) is 24.8 Å². The second kappa shape index (κ2) is 5.57. The van der Waals surface area contributed by atoms with Crippen LogP contribution in [0.15, 0.2) is 18.2 Å². The number of rotatable bonds is 4. The molecule has 0 amide bonds. The van der Waals surface area contributed by atoms with E-state index in [4.69, 9.17) is 23.2 Å². The summed E-state index contributed by atoms with van der Waals surface area (Å²) in [5.74, 6) is 0. The monoisotopic (exact) mass is 255 g/mol. The topological polar surface area (TPSA) is 23.8 Å². The molecular weight excluding hydrogens is 241 g/mol. The minimum absolute atomic E-state index is 0.281. The zero-order valence-electron chi connectivity index (χ0n) is 9.56. The molecular formula is C13H15Cl2N. The van der Waals surface area contributed by atoms with Gasteiger partial charge in [0.05, 0.1) is 21.5 Å². The molecule has 0 atom stereocenters. The van der Waals surface area contributed by atoms with Crippen LogP contribution in [0.4, 0.5) is 0 Å². The van der Waals surface area contributed by atoms with Gasteiger partial charge in [-0.3, -0.25) is 0 Å². The van der Waals surface area contributed by atoms with E-state index in [1.54, 1.807) is 6.07 Å². The Morgan fingerprint density at radius 1 is 1.19 bits per heavy atom. The van der Waals surface area contributed by atoms with Crippen molar-refractivity contribution in [3.05, 3.63) is 33.8 Å². The maximum Gasteiger partial charge on any atom is 0.0693 e. The summed E-state index contributed by atoms with van der Waals surface area (Å²) in [5, 5.41) is 10.4. The fraction of sp³-hybridized carbons (Fsp3) is 0.462. The van der Waals surface area contributed by atoms with Crippen molar-refractivity contribution >= 4 is 23.2 Å². The summed E-state index contributed by atoms with van der Waals surface area (Å²) in [5.41, 5.74) is 0.789. The van der Waals surface area contributed by atoms with Crippen molar-refractivity contribution in [1.82, 2.24) is 0 Å². The number of hydrogen-bond donors (Lipinski definition) is 0. The van der Waals surface area contributed by atoms with Gasteiger partial charge in [0.1, 0.15) is 0 Å². The van der Waals surface area contributed by atoms with Crippen molar-refractivity contribution in [2.24, 2.45) is 5.41 Å². The lowest BCUT2D eigenvalue weighted by Gasteiger charge is -2.23. The average molecular weight is 256 g/mol. The van der Waals surface area contributed by atoms with Gasteiger partial charge in [-0.05, 0) is 37.0 Å². The summed E-state index contributed by atoms with van der Waals surface area (Å²) in [4.78, 5) is 0. The number of halogens is 2. The van der Waals surface area contributed by atoms with Crippen molar-refractivity contribution in [1.29, 1.82) is 5.26 Å². The van der Waals surface area contributed by atoms with Crippen molar-refractivity contribution in [2.45, 2.75) is 33.1 Å². The number of benzene rings is 1. The molecule has 0 aliphatic rings. The molecule has 1 aromatic rings. The van der Waals surface area contributed by atoms with Crippen LogP contribution in [0.2, 0.25) is 10.0 Å². The van der Waals surface area contributed by atoms with Gasteiger partial charge in [0, 0.05) is 0 Å². The zero-order chi connectivity index (χ0) is 12.2. The molecule has 0 fully saturated rings. The Bertz CT molecular complexity index is 403. The molecule has 0 bridgehead atoms. The lowest BCUT2D eigenvalue weighted by atomic mass is 9.78. The van der Waals surface area contributed by atoms with Crippen LogP contribution in [0.3, 0.4) is 0 Å². The summed E-state index contributed by atoms with van der Waals surface area (Å²) in [7, 11) is 0. The van der Waals surface area contributed by atoms with Crippen molar-refractivity contribution < 1.29 is 0 Å². The second-order valence-corrected chi connectivity index (χ2v) is 4.84. The molecule has 0 N–H and O–H groups in total. The molecule has 86 valence electrons. The average Bonchev–Trinajstić information content (AvgIpc) is 2.31. The molecule has 0 spiro atoms.